The highest BCUT2D eigenvalue weighted by Crippen LogP contribution is 2.26. The Morgan fingerprint density at radius 1 is 0.846 bits per heavy atom. The Hall–Kier alpha value is -3.12. The molecule has 0 N–H and O–H groups in total. The molecule has 3 aromatic rings. The van der Waals surface area contributed by atoms with Gasteiger partial charge in [-0.1, -0.05) is 42.5 Å². The van der Waals surface area contributed by atoms with E-state index in [1.54, 1.807) is 61.5 Å². The Kier molecular flexibility index (Phi) is 5.04. The molecule has 0 saturated heterocycles. The van der Waals surface area contributed by atoms with Crippen LogP contribution in [0.4, 0.5) is 0 Å². The third-order valence-corrected chi connectivity index (χ3v) is 4.79. The molecule has 132 valence electrons. The van der Waals surface area contributed by atoms with Crippen LogP contribution in [0.5, 0.6) is 11.5 Å². The molecule has 0 aliphatic carbocycles. The normalized spacial score (nSPS) is 11.0. The minimum atomic E-state index is -4.07. The first kappa shape index (κ1) is 17.7. The van der Waals surface area contributed by atoms with E-state index in [1.807, 2.05) is 0 Å². The van der Waals surface area contributed by atoms with Gasteiger partial charge in [-0.25, -0.2) is 4.79 Å². The number of ether oxygens (including phenoxy) is 1. The molecule has 0 amide bonds. The van der Waals surface area contributed by atoms with Gasteiger partial charge in [0.05, 0.1) is 0 Å². The van der Waals surface area contributed by atoms with Crippen molar-refractivity contribution < 1.29 is 22.1 Å². The number of benzene rings is 3. The second-order valence-corrected chi connectivity index (χ2v) is 7.10. The fraction of sp³-hybridized carbons (Fsp3) is 0.0500. The molecule has 0 unspecified atom stereocenters. The predicted molar refractivity (Wildman–Crippen MR) is 96.8 cm³/mol. The van der Waals surface area contributed by atoms with E-state index in [2.05, 4.69) is 0 Å². The van der Waals surface area contributed by atoms with E-state index >= 15 is 0 Å². The van der Waals surface area contributed by atoms with Crippen LogP contribution >= 0.6 is 0 Å². The Morgan fingerprint density at radius 3 is 2.12 bits per heavy atom. The summed E-state index contributed by atoms with van der Waals surface area (Å²) >= 11 is 0. The molecular formula is C20H16O5S. The Labute approximate surface area is 151 Å². The van der Waals surface area contributed by atoms with Gasteiger partial charge in [0.1, 0.15) is 16.2 Å². The van der Waals surface area contributed by atoms with E-state index < -0.39 is 16.1 Å². The van der Waals surface area contributed by atoms with E-state index in [0.29, 0.717) is 5.75 Å². The van der Waals surface area contributed by atoms with Crippen molar-refractivity contribution in [2.45, 2.75) is 11.8 Å². The lowest BCUT2D eigenvalue weighted by Crippen LogP contribution is -2.15. The first-order valence-corrected chi connectivity index (χ1v) is 9.24. The molecule has 0 fully saturated rings. The predicted octanol–water partition coefficient (Wildman–Crippen LogP) is 3.98. The lowest BCUT2D eigenvalue weighted by atomic mass is 10.1. The van der Waals surface area contributed by atoms with Gasteiger partial charge >= 0.3 is 16.1 Å². The van der Waals surface area contributed by atoms with Gasteiger partial charge in [0, 0.05) is 0 Å². The summed E-state index contributed by atoms with van der Waals surface area (Å²) in [6.07, 6.45) is 0. The molecule has 5 nitrogen and oxygen atoms in total. The van der Waals surface area contributed by atoms with Gasteiger partial charge < -0.3 is 8.92 Å². The standard InChI is InChI=1S/C20H16O5S/c1-15-12-13-18(20(21)24-16-8-4-2-5-9-16)19(14-15)25-26(22,23)17-10-6-3-7-11-17/h2-14H,1H3. The summed E-state index contributed by atoms with van der Waals surface area (Å²) < 4.78 is 35.5. The highest BCUT2D eigenvalue weighted by Gasteiger charge is 2.22. The van der Waals surface area contributed by atoms with E-state index in [9.17, 15) is 13.2 Å². The largest absolute Gasteiger partial charge is 0.423 e. The number of aryl methyl sites for hydroxylation is 1. The number of hydrogen-bond acceptors (Lipinski definition) is 5. The summed E-state index contributed by atoms with van der Waals surface area (Å²) in [6, 6.07) is 20.9. The van der Waals surface area contributed by atoms with Gasteiger partial charge in [-0.3, -0.25) is 0 Å². The maximum atomic E-state index is 12.5. The fourth-order valence-corrected chi connectivity index (χ4v) is 3.23. The first-order chi connectivity index (χ1) is 12.5. The van der Waals surface area contributed by atoms with E-state index in [-0.39, 0.29) is 16.2 Å². The van der Waals surface area contributed by atoms with E-state index in [0.717, 1.165) is 5.56 Å². The highest BCUT2D eigenvalue weighted by molar-refractivity contribution is 7.87. The van der Waals surface area contributed by atoms with Gasteiger partial charge in [0.25, 0.3) is 0 Å². The summed E-state index contributed by atoms with van der Waals surface area (Å²) in [6.45, 7) is 1.77. The minimum absolute atomic E-state index is 0.00360. The van der Waals surface area contributed by atoms with Crippen LogP contribution in [0.15, 0.2) is 83.8 Å². The van der Waals surface area contributed by atoms with Crippen molar-refractivity contribution in [3.05, 3.63) is 90.0 Å². The van der Waals surface area contributed by atoms with Gasteiger partial charge in [0.15, 0.2) is 5.75 Å². The van der Waals surface area contributed by atoms with Crippen molar-refractivity contribution in [2.24, 2.45) is 0 Å². The van der Waals surface area contributed by atoms with E-state index in [4.69, 9.17) is 8.92 Å². The third-order valence-electron chi connectivity index (χ3n) is 3.54. The average Bonchev–Trinajstić information content (AvgIpc) is 2.63. The Morgan fingerprint density at radius 2 is 1.46 bits per heavy atom. The Balaban J connectivity index is 1.92. The first-order valence-electron chi connectivity index (χ1n) is 7.83. The molecule has 0 aliphatic heterocycles. The van der Waals surface area contributed by atoms with Crippen LogP contribution < -0.4 is 8.92 Å². The zero-order valence-corrected chi connectivity index (χ0v) is 14.8. The number of hydrogen-bond donors (Lipinski definition) is 0. The summed E-state index contributed by atoms with van der Waals surface area (Å²) in [4.78, 5) is 12.5. The second-order valence-electron chi connectivity index (χ2n) is 5.55. The van der Waals surface area contributed by atoms with Crippen molar-refractivity contribution in [1.29, 1.82) is 0 Å². The molecule has 26 heavy (non-hydrogen) atoms. The van der Waals surface area contributed by atoms with Crippen molar-refractivity contribution in [3.63, 3.8) is 0 Å². The average molecular weight is 368 g/mol. The maximum Gasteiger partial charge on any atom is 0.347 e. The quantitative estimate of drug-likeness (QED) is 0.387. The van der Waals surface area contributed by atoms with Crippen LogP contribution in [0.1, 0.15) is 15.9 Å². The molecule has 0 aliphatic rings. The maximum absolute atomic E-state index is 12.5. The van der Waals surface area contributed by atoms with Crippen LogP contribution in [0.25, 0.3) is 0 Å². The third kappa shape index (κ3) is 4.10. The number of carbonyl (C=O) groups excluding carboxylic acids is 1. The van der Waals surface area contributed by atoms with Crippen LogP contribution in [0.2, 0.25) is 0 Å². The molecule has 0 spiro atoms. The Bertz CT molecular complexity index is 1010. The summed E-state index contributed by atoms with van der Waals surface area (Å²) in [5.41, 5.74) is 0.776. The highest BCUT2D eigenvalue weighted by atomic mass is 32.2. The zero-order chi connectivity index (χ0) is 18.6. The molecule has 0 bridgehead atoms. The summed E-state index contributed by atoms with van der Waals surface area (Å²) in [7, 11) is -4.07. The van der Waals surface area contributed by atoms with Crippen LogP contribution in [0.3, 0.4) is 0 Å². The fourth-order valence-electron chi connectivity index (χ4n) is 2.27. The SMILES string of the molecule is Cc1ccc(C(=O)Oc2ccccc2)c(OS(=O)(=O)c2ccccc2)c1. The number of rotatable bonds is 5. The van der Waals surface area contributed by atoms with Gasteiger partial charge in [-0.2, -0.15) is 8.42 Å². The number of esters is 1. The van der Waals surface area contributed by atoms with Gasteiger partial charge in [-0.05, 0) is 48.9 Å². The van der Waals surface area contributed by atoms with Crippen LogP contribution in [-0.2, 0) is 10.1 Å². The van der Waals surface area contributed by atoms with Crippen LogP contribution in [0, 0.1) is 6.92 Å². The number of para-hydroxylation sites is 1. The van der Waals surface area contributed by atoms with E-state index in [1.165, 1.54) is 24.3 Å². The van der Waals surface area contributed by atoms with Gasteiger partial charge in [0.2, 0.25) is 0 Å². The van der Waals surface area contributed by atoms with Crippen molar-refractivity contribution in [2.75, 3.05) is 0 Å². The smallest absolute Gasteiger partial charge is 0.347 e. The molecule has 0 aromatic heterocycles. The summed E-state index contributed by atoms with van der Waals surface area (Å²) in [5.74, 6) is -0.417. The number of carbonyl (C=O) groups is 1. The van der Waals surface area contributed by atoms with Crippen molar-refractivity contribution >= 4 is 16.1 Å². The molecule has 0 radical (unpaired) electrons. The lowest BCUT2D eigenvalue weighted by Gasteiger charge is -2.12. The van der Waals surface area contributed by atoms with Crippen molar-refractivity contribution in [3.8, 4) is 11.5 Å². The molecule has 3 aromatic carbocycles. The monoisotopic (exact) mass is 368 g/mol. The lowest BCUT2D eigenvalue weighted by molar-refractivity contribution is 0.0733. The molecular weight excluding hydrogens is 352 g/mol. The molecule has 0 heterocycles. The topological polar surface area (TPSA) is 69.7 Å². The molecule has 0 atom stereocenters. The molecule has 3 rings (SSSR count). The minimum Gasteiger partial charge on any atom is -0.423 e. The second kappa shape index (κ2) is 7.41. The molecule has 6 heteroatoms. The molecule has 0 saturated carbocycles. The van der Waals surface area contributed by atoms with Crippen molar-refractivity contribution in [1.82, 2.24) is 0 Å². The zero-order valence-electron chi connectivity index (χ0n) is 14.0. The van der Waals surface area contributed by atoms with Crippen LogP contribution in [-0.4, -0.2) is 14.4 Å². The summed E-state index contributed by atoms with van der Waals surface area (Å²) in [5, 5.41) is 0. The van der Waals surface area contributed by atoms with Gasteiger partial charge in [-0.15, -0.1) is 0 Å².